The van der Waals surface area contributed by atoms with Crippen molar-refractivity contribution in [3.63, 3.8) is 0 Å². The molecule has 0 bridgehead atoms. The van der Waals surface area contributed by atoms with Crippen molar-refractivity contribution in [2.24, 2.45) is 11.8 Å². The maximum atomic E-state index is 14.1. The van der Waals surface area contributed by atoms with Gasteiger partial charge in [-0.1, -0.05) is 12.1 Å². The van der Waals surface area contributed by atoms with E-state index in [1.165, 1.54) is 4.57 Å². The van der Waals surface area contributed by atoms with Gasteiger partial charge < -0.3 is 24.0 Å². The summed E-state index contributed by atoms with van der Waals surface area (Å²) in [6.45, 7) is 5.32. The molecule has 0 N–H and O–H groups in total. The van der Waals surface area contributed by atoms with Gasteiger partial charge >= 0.3 is 0 Å². The second-order valence-corrected chi connectivity index (χ2v) is 10.6. The topological polar surface area (TPSA) is 94.8 Å². The zero-order valence-electron chi connectivity index (χ0n) is 22.4. The summed E-state index contributed by atoms with van der Waals surface area (Å²) < 4.78 is 46.9. The highest BCUT2D eigenvalue weighted by Crippen LogP contribution is 2.30. The highest BCUT2D eigenvalue weighted by molar-refractivity contribution is 5.79. The van der Waals surface area contributed by atoms with Crippen molar-refractivity contribution < 1.29 is 27.8 Å². The smallest absolute Gasteiger partial charge is 0.296 e. The number of imidazole rings is 1. The number of carbonyl (C=O) groups is 1. The van der Waals surface area contributed by atoms with Crippen LogP contribution >= 0.6 is 0 Å². The molecule has 214 valence electrons. The van der Waals surface area contributed by atoms with Gasteiger partial charge in [0.1, 0.15) is 5.82 Å². The lowest BCUT2D eigenvalue weighted by atomic mass is 10.0. The Hall–Kier alpha value is -3.38. The number of para-hydroxylation sites is 2. The first kappa shape index (κ1) is 26.8. The molecule has 3 aromatic rings. The normalized spacial score (nSPS) is 22.2. The molecule has 3 aliphatic heterocycles. The van der Waals surface area contributed by atoms with Gasteiger partial charge in [-0.15, -0.1) is 0 Å². The van der Waals surface area contributed by atoms with Crippen LogP contribution in [0.4, 0.5) is 14.7 Å². The van der Waals surface area contributed by atoms with Crippen LogP contribution in [0.3, 0.4) is 0 Å². The Morgan fingerprint density at radius 2 is 1.90 bits per heavy atom. The minimum absolute atomic E-state index is 0.0629. The van der Waals surface area contributed by atoms with Gasteiger partial charge in [-0.05, 0) is 37.8 Å². The number of nitrogens with zero attached hydrogens (tertiary/aromatic N) is 6. The second kappa shape index (κ2) is 12.0. The molecule has 1 unspecified atom stereocenters. The molecule has 0 saturated carbocycles. The highest BCUT2D eigenvalue weighted by atomic mass is 19.3. The van der Waals surface area contributed by atoms with Crippen LogP contribution in [0, 0.1) is 11.8 Å². The molecular formula is C28H34F2N6O4. The number of benzene rings is 1. The molecule has 0 radical (unpaired) electrons. The van der Waals surface area contributed by atoms with Gasteiger partial charge in [0.05, 0.1) is 36.8 Å². The first-order valence-corrected chi connectivity index (χ1v) is 14.0. The number of likely N-dealkylation sites (tertiary alicyclic amines) is 1. The SMILES string of the molecule is O=C(C1CCCOC1)N1CC[C@H](COc2cc(-n3c(C(F)F)nc4ccccc43)nc(N3CCCOCC3)n2)C1. The van der Waals surface area contributed by atoms with Gasteiger partial charge in [-0.25, -0.2) is 13.8 Å². The summed E-state index contributed by atoms with van der Waals surface area (Å²) in [4.78, 5) is 30.4. The van der Waals surface area contributed by atoms with Crippen molar-refractivity contribution in [3.8, 4) is 11.7 Å². The summed E-state index contributed by atoms with van der Waals surface area (Å²) >= 11 is 0. The van der Waals surface area contributed by atoms with E-state index >= 15 is 0 Å². The summed E-state index contributed by atoms with van der Waals surface area (Å²) in [5.41, 5.74) is 0.993. The molecular weight excluding hydrogens is 522 g/mol. The number of rotatable bonds is 7. The lowest BCUT2D eigenvalue weighted by Crippen LogP contribution is -2.38. The molecule has 3 fully saturated rings. The fourth-order valence-corrected chi connectivity index (χ4v) is 5.67. The Kier molecular flexibility index (Phi) is 8.05. The second-order valence-electron chi connectivity index (χ2n) is 10.6. The highest BCUT2D eigenvalue weighted by Gasteiger charge is 2.32. The fourth-order valence-electron chi connectivity index (χ4n) is 5.67. The number of alkyl halides is 2. The van der Waals surface area contributed by atoms with Crippen LogP contribution < -0.4 is 9.64 Å². The van der Waals surface area contributed by atoms with Crippen molar-refractivity contribution in [2.45, 2.75) is 32.1 Å². The third-order valence-corrected chi connectivity index (χ3v) is 7.77. The van der Waals surface area contributed by atoms with Crippen LogP contribution in [-0.4, -0.2) is 89.5 Å². The number of carbonyl (C=O) groups excluding carboxylic acids is 1. The van der Waals surface area contributed by atoms with E-state index in [0.29, 0.717) is 75.5 Å². The van der Waals surface area contributed by atoms with Gasteiger partial charge in [0, 0.05) is 51.4 Å². The van der Waals surface area contributed by atoms with E-state index in [1.807, 2.05) is 9.80 Å². The van der Waals surface area contributed by atoms with Gasteiger partial charge in [0.2, 0.25) is 17.7 Å². The molecule has 10 nitrogen and oxygen atoms in total. The van der Waals surface area contributed by atoms with Crippen molar-refractivity contribution in [1.82, 2.24) is 24.4 Å². The van der Waals surface area contributed by atoms with Gasteiger partial charge in [0.15, 0.2) is 5.82 Å². The number of aromatic nitrogens is 4. The van der Waals surface area contributed by atoms with E-state index in [0.717, 1.165) is 32.3 Å². The summed E-state index contributed by atoms with van der Waals surface area (Å²) in [5, 5.41) is 0. The molecule has 12 heteroatoms. The maximum Gasteiger partial charge on any atom is 0.296 e. The van der Waals surface area contributed by atoms with E-state index < -0.39 is 6.43 Å². The Morgan fingerprint density at radius 1 is 1.02 bits per heavy atom. The Morgan fingerprint density at radius 3 is 2.75 bits per heavy atom. The van der Waals surface area contributed by atoms with Gasteiger partial charge in [-0.3, -0.25) is 9.36 Å². The minimum Gasteiger partial charge on any atom is -0.477 e. The zero-order valence-corrected chi connectivity index (χ0v) is 22.4. The van der Waals surface area contributed by atoms with Gasteiger partial charge in [-0.2, -0.15) is 9.97 Å². The number of hydrogen-bond acceptors (Lipinski definition) is 8. The third-order valence-electron chi connectivity index (χ3n) is 7.77. The largest absolute Gasteiger partial charge is 0.477 e. The number of halogens is 2. The summed E-state index contributed by atoms with van der Waals surface area (Å²) in [5.74, 6) is 0.829. The molecule has 2 aromatic heterocycles. The minimum atomic E-state index is -2.79. The monoisotopic (exact) mass is 556 g/mol. The van der Waals surface area contributed by atoms with Crippen LogP contribution in [0.1, 0.15) is 37.9 Å². The number of anilines is 1. The molecule has 0 aliphatic carbocycles. The van der Waals surface area contributed by atoms with Gasteiger partial charge in [0.25, 0.3) is 6.43 Å². The average molecular weight is 557 g/mol. The number of ether oxygens (including phenoxy) is 3. The molecule has 3 aliphatic rings. The molecule has 3 saturated heterocycles. The zero-order chi connectivity index (χ0) is 27.5. The van der Waals surface area contributed by atoms with E-state index in [2.05, 4.69) is 9.97 Å². The number of hydrogen-bond donors (Lipinski definition) is 0. The quantitative estimate of drug-likeness (QED) is 0.436. The van der Waals surface area contributed by atoms with Crippen molar-refractivity contribution in [3.05, 3.63) is 36.2 Å². The van der Waals surface area contributed by atoms with E-state index in [1.54, 1.807) is 30.3 Å². The number of fused-ring (bicyclic) bond motifs is 1. The number of amides is 1. The van der Waals surface area contributed by atoms with E-state index in [9.17, 15) is 13.6 Å². The summed E-state index contributed by atoms with van der Waals surface area (Å²) in [6.07, 6.45) is 0.623. The fraction of sp³-hybridized carbons (Fsp3) is 0.571. The average Bonchev–Trinajstić information content (AvgIpc) is 3.52. The summed E-state index contributed by atoms with van der Waals surface area (Å²) in [6, 6.07) is 8.60. The molecule has 0 spiro atoms. The Labute approximate surface area is 231 Å². The standard InChI is InChI=1S/C28H34F2N6O4/c29-25(30)26-31-21-6-1-2-7-22(21)36(26)23-15-24(33-28(32-23)34-9-4-13-38-14-11-34)40-17-19-8-10-35(16-19)27(37)20-5-3-12-39-18-20/h1-2,6-7,15,19-20,25H,3-5,8-14,16-18H2/t19-,20?/m0/s1. The van der Waals surface area contributed by atoms with Crippen molar-refractivity contribution in [1.29, 1.82) is 0 Å². The molecule has 2 atom stereocenters. The van der Waals surface area contributed by atoms with Crippen LogP contribution in [0.5, 0.6) is 5.88 Å². The first-order valence-electron chi connectivity index (χ1n) is 14.0. The van der Waals surface area contributed by atoms with Crippen LogP contribution in [0.25, 0.3) is 16.9 Å². The van der Waals surface area contributed by atoms with Crippen LogP contribution in [-0.2, 0) is 14.3 Å². The Balaban J connectivity index is 1.25. The van der Waals surface area contributed by atoms with Crippen molar-refractivity contribution >= 4 is 22.9 Å². The molecule has 5 heterocycles. The summed E-state index contributed by atoms with van der Waals surface area (Å²) in [7, 11) is 0. The van der Waals surface area contributed by atoms with Crippen LogP contribution in [0.2, 0.25) is 0 Å². The molecule has 1 amide bonds. The van der Waals surface area contributed by atoms with Crippen molar-refractivity contribution in [2.75, 3.05) is 64.1 Å². The van der Waals surface area contributed by atoms with Crippen LogP contribution in [0.15, 0.2) is 30.3 Å². The lowest BCUT2D eigenvalue weighted by Gasteiger charge is -2.26. The predicted octanol–water partition coefficient (Wildman–Crippen LogP) is 3.63. The Bertz CT molecular complexity index is 1320. The third kappa shape index (κ3) is 5.73. The molecule has 6 rings (SSSR count). The lowest BCUT2D eigenvalue weighted by molar-refractivity contribution is -0.138. The van der Waals surface area contributed by atoms with E-state index in [-0.39, 0.29) is 29.4 Å². The maximum absolute atomic E-state index is 14.1. The first-order chi connectivity index (χ1) is 19.6. The predicted molar refractivity (Wildman–Crippen MR) is 143 cm³/mol. The molecule has 40 heavy (non-hydrogen) atoms. The molecule has 1 aromatic carbocycles. The van der Waals surface area contributed by atoms with E-state index in [4.69, 9.17) is 19.2 Å².